The number of rotatable bonds is 6. The third kappa shape index (κ3) is 3.48. The van der Waals surface area contributed by atoms with Gasteiger partial charge in [0.15, 0.2) is 11.5 Å². The van der Waals surface area contributed by atoms with E-state index >= 15 is 0 Å². The lowest BCUT2D eigenvalue weighted by atomic mass is 10.0. The van der Waals surface area contributed by atoms with Gasteiger partial charge in [-0.25, -0.2) is 8.42 Å². The van der Waals surface area contributed by atoms with Gasteiger partial charge in [0.05, 0.1) is 17.2 Å². The fourth-order valence-electron chi connectivity index (χ4n) is 3.77. The molecule has 1 unspecified atom stereocenters. The Morgan fingerprint density at radius 1 is 1.10 bits per heavy atom. The molecule has 0 saturated carbocycles. The van der Waals surface area contributed by atoms with E-state index in [1.54, 1.807) is 23.6 Å². The van der Waals surface area contributed by atoms with E-state index in [0.717, 1.165) is 10.8 Å². The molecule has 2 heterocycles. The Labute approximate surface area is 181 Å². The monoisotopic (exact) mass is 439 g/mol. The second-order valence-corrected chi connectivity index (χ2v) is 9.59. The fraction of sp³-hybridized carbons (Fsp3) is 0.318. The molecule has 4 rings (SSSR count). The fourth-order valence-corrected chi connectivity index (χ4v) is 5.44. The highest BCUT2D eigenvalue weighted by molar-refractivity contribution is 7.89. The lowest BCUT2D eigenvalue weighted by Crippen LogP contribution is -2.39. The molecule has 0 aliphatic carbocycles. The van der Waals surface area contributed by atoms with Crippen LogP contribution in [-0.4, -0.2) is 57.3 Å². The van der Waals surface area contributed by atoms with Crippen LogP contribution in [0.25, 0.3) is 27.7 Å². The van der Waals surface area contributed by atoms with E-state index in [-0.39, 0.29) is 11.5 Å². The lowest BCUT2D eigenvalue weighted by Gasteiger charge is -2.25. The van der Waals surface area contributed by atoms with E-state index in [9.17, 15) is 13.5 Å². The Balaban J connectivity index is 1.95. The zero-order chi connectivity index (χ0) is 22.3. The first-order valence-electron chi connectivity index (χ1n) is 10.1. The summed E-state index contributed by atoms with van der Waals surface area (Å²) in [5, 5.41) is 24.5. The molecule has 0 fully saturated rings. The molecule has 9 heteroatoms. The van der Waals surface area contributed by atoms with Crippen molar-refractivity contribution in [3.63, 3.8) is 0 Å². The summed E-state index contributed by atoms with van der Waals surface area (Å²) in [6, 6.07) is 12.6. The third-order valence-corrected chi connectivity index (χ3v) is 7.79. The summed E-state index contributed by atoms with van der Waals surface area (Å²) in [5.74, 6) is 0.649. The molecule has 0 radical (unpaired) electrons. The van der Waals surface area contributed by atoms with Crippen LogP contribution in [0.1, 0.15) is 24.7 Å². The number of aliphatic hydroxyl groups excluding tert-OH is 1. The molecular weight excluding hydrogens is 414 g/mol. The predicted molar refractivity (Wildman–Crippen MR) is 119 cm³/mol. The Bertz CT molecular complexity index is 1380. The van der Waals surface area contributed by atoms with Crippen LogP contribution in [0.4, 0.5) is 0 Å². The number of hydrogen-bond acceptors (Lipinski definition) is 6. The minimum atomic E-state index is -3.80. The lowest BCUT2D eigenvalue weighted by molar-refractivity contribution is 0.198. The number of likely N-dealkylation sites (N-methyl/N-ethyl adjacent to an activating group) is 1. The van der Waals surface area contributed by atoms with Crippen LogP contribution in [0.2, 0.25) is 0 Å². The van der Waals surface area contributed by atoms with E-state index in [4.69, 9.17) is 5.10 Å². The quantitative estimate of drug-likeness (QED) is 0.496. The second-order valence-electron chi connectivity index (χ2n) is 7.62. The van der Waals surface area contributed by atoms with Crippen LogP contribution in [0, 0.1) is 13.8 Å². The first-order chi connectivity index (χ1) is 14.8. The molecule has 0 aliphatic heterocycles. The van der Waals surface area contributed by atoms with Crippen LogP contribution in [0.3, 0.4) is 0 Å². The normalized spacial score (nSPS) is 13.4. The first kappa shape index (κ1) is 21.4. The van der Waals surface area contributed by atoms with Crippen molar-refractivity contribution < 1.29 is 13.5 Å². The molecule has 0 saturated heterocycles. The minimum Gasteiger partial charge on any atom is -0.395 e. The van der Waals surface area contributed by atoms with E-state index in [1.807, 2.05) is 44.2 Å². The summed E-state index contributed by atoms with van der Waals surface area (Å²) >= 11 is 0. The van der Waals surface area contributed by atoms with Crippen molar-refractivity contribution in [2.75, 3.05) is 13.7 Å². The topological polar surface area (TPSA) is 101 Å². The smallest absolute Gasteiger partial charge is 0.243 e. The van der Waals surface area contributed by atoms with Crippen LogP contribution >= 0.6 is 0 Å². The van der Waals surface area contributed by atoms with Crippen LogP contribution in [0.15, 0.2) is 47.4 Å². The van der Waals surface area contributed by atoms with Gasteiger partial charge in [-0.05, 0) is 31.9 Å². The van der Waals surface area contributed by atoms with Gasteiger partial charge in [-0.1, -0.05) is 43.3 Å². The van der Waals surface area contributed by atoms with E-state index < -0.39 is 16.1 Å². The zero-order valence-corrected chi connectivity index (χ0v) is 18.8. The molecule has 4 aromatic rings. The first-order valence-corrected chi connectivity index (χ1v) is 11.5. The van der Waals surface area contributed by atoms with Gasteiger partial charge in [0.2, 0.25) is 10.0 Å². The van der Waals surface area contributed by atoms with E-state index in [2.05, 4.69) is 10.2 Å². The summed E-state index contributed by atoms with van der Waals surface area (Å²) in [4.78, 5) is 0.200. The largest absolute Gasteiger partial charge is 0.395 e. The number of nitrogens with zero attached hydrogens (tertiary/aromatic N) is 5. The molecular formula is C22H25N5O3S. The highest BCUT2D eigenvalue weighted by Crippen LogP contribution is 2.32. The van der Waals surface area contributed by atoms with Crippen LogP contribution in [0.5, 0.6) is 0 Å². The van der Waals surface area contributed by atoms with E-state index in [1.165, 1.54) is 11.4 Å². The van der Waals surface area contributed by atoms with Gasteiger partial charge in [-0.2, -0.15) is 13.9 Å². The van der Waals surface area contributed by atoms with Gasteiger partial charge in [0.1, 0.15) is 0 Å². The number of benzene rings is 2. The standard InChI is InChI=1S/C22H25N5O3S/c1-5-17(13-28)26(4)31(29,30)20-12-16(11-10-14(20)2)21-18-8-6-7-9-19(18)22-24-23-15(3)27(22)25-21/h6-12,17,28H,5,13H2,1-4H3. The van der Waals surface area contributed by atoms with Crippen molar-refractivity contribution in [3.8, 4) is 11.3 Å². The number of fused-ring (bicyclic) bond motifs is 3. The summed E-state index contributed by atoms with van der Waals surface area (Å²) in [7, 11) is -2.30. The Morgan fingerprint density at radius 2 is 1.81 bits per heavy atom. The van der Waals surface area contributed by atoms with Gasteiger partial charge in [-0.3, -0.25) is 0 Å². The molecule has 8 nitrogen and oxygen atoms in total. The van der Waals surface area contributed by atoms with Crippen molar-refractivity contribution in [1.29, 1.82) is 0 Å². The number of aromatic nitrogens is 4. The maximum Gasteiger partial charge on any atom is 0.243 e. The summed E-state index contributed by atoms with van der Waals surface area (Å²) in [5.41, 5.74) is 2.62. The Kier molecular flexibility index (Phi) is 5.50. The van der Waals surface area contributed by atoms with Crippen LogP contribution < -0.4 is 0 Å². The maximum atomic E-state index is 13.4. The summed E-state index contributed by atoms with van der Waals surface area (Å²) in [6.45, 7) is 5.21. The second kappa shape index (κ2) is 7.99. The minimum absolute atomic E-state index is 0.200. The highest BCUT2D eigenvalue weighted by atomic mass is 32.2. The summed E-state index contributed by atoms with van der Waals surface area (Å²) in [6.07, 6.45) is 0.515. The molecule has 162 valence electrons. The van der Waals surface area contributed by atoms with Crippen molar-refractivity contribution >= 4 is 26.4 Å². The number of hydrogen-bond donors (Lipinski definition) is 1. The third-order valence-electron chi connectivity index (χ3n) is 5.73. The van der Waals surface area contributed by atoms with Crippen molar-refractivity contribution in [2.24, 2.45) is 0 Å². The van der Waals surface area contributed by atoms with Gasteiger partial charge >= 0.3 is 0 Å². The van der Waals surface area contributed by atoms with Crippen molar-refractivity contribution in [2.45, 2.75) is 38.1 Å². The molecule has 31 heavy (non-hydrogen) atoms. The molecule has 0 bridgehead atoms. The molecule has 1 atom stereocenters. The number of aliphatic hydroxyl groups is 1. The van der Waals surface area contributed by atoms with Crippen molar-refractivity contribution in [1.82, 2.24) is 24.1 Å². The van der Waals surface area contributed by atoms with Gasteiger partial charge in [0, 0.05) is 29.4 Å². The molecule has 1 N–H and O–H groups in total. The average Bonchev–Trinajstić information content (AvgIpc) is 3.15. The molecule has 0 amide bonds. The number of sulfonamides is 1. The Morgan fingerprint density at radius 3 is 2.48 bits per heavy atom. The zero-order valence-electron chi connectivity index (χ0n) is 17.9. The Hall–Kier alpha value is -2.88. The average molecular weight is 440 g/mol. The molecule has 2 aromatic heterocycles. The highest BCUT2D eigenvalue weighted by Gasteiger charge is 2.28. The SMILES string of the molecule is CCC(CO)N(C)S(=O)(=O)c1cc(-c2nn3c(C)nnc3c3ccccc23)ccc1C. The number of aryl methyl sites for hydroxylation is 2. The van der Waals surface area contributed by atoms with Gasteiger partial charge < -0.3 is 5.11 Å². The summed E-state index contributed by atoms with van der Waals surface area (Å²) < 4.78 is 29.6. The maximum absolute atomic E-state index is 13.4. The van der Waals surface area contributed by atoms with Gasteiger partial charge in [-0.15, -0.1) is 10.2 Å². The predicted octanol–water partition coefficient (Wildman–Crippen LogP) is 2.95. The molecule has 2 aromatic carbocycles. The van der Waals surface area contributed by atoms with Crippen LogP contribution in [-0.2, 0) is 10.0 Å². The molecule has 0 aliphatic rings. The van der Waals surface area contributed by atoms with E-state index in [0.29, 0.717) is 34.7 Å². The van der Waals surface area contributed by atoms with Crippen molar-refractivity contribution in [3.05, 3.63) is 53.9 Å². The van der Waals surface area contributed by atoms with Gasteiger partial charge in [0.25, 0.3) is 0 Å². The molecule has 0 spiro atoms.